The molecular formula is C22H30N2O8. The van der Waals surface area contributed by atoms with Crippen LogP contribution in [0.3, 0.4) is 0 Å². The monoisotopic (exact) mass is 450 g/mol. The Balaban J connectivity index is 1.97. The Bertz CT molecular complexity index is 858. The van der Waals surface area contributed by atoms with Crippen LogP contribution in [0.2, 0.25) is 0 Å². The van der Waals surface area contributed by atoms with E-state index < -0.39 is 29.4 Å². The molecule has 176 valence electrons. The van der Waals surface area contributed by atoms with Gasteiger partial charge in [-0.1, -0.05) is 13.3 Å². The highest BCUT2D eigenvalue weighted by atomic mass is 17.5. The summed E-state index contributed by atoms with van der Waals surface area (Å²) >= 11 is 0. The number of rotatable bonds is 12. The predicted molar refractivity (Wildman–Crippen MR) is 111 cm³/mol. The van der Waals surface area contributed by atoms with Gasteiger partial charge in [-0.25, -0.2) is 4.79 Å². The Morgan fingerprint density at radius 3 is 2.16 bits per heavy atom. The first kappa shape index (κ1) is 25.4. The molecule has 10 heteroatoms. The number of unbranched alkanes of at least 4 members (excludes halogenated alkanes) is 1. The largest absolute Gasteiger partial charge is 0.368 e. The summed E-state index contributed by atoms with van der Waals surface area (Å²) < 4.78 is 0. The molecule has 0 aliphatic carbocycles. The average Bonchev–Trinajstić information content (AvgIpc) is 3.09. The Morgan fingerprint density at radius 2 is 1.62 bits per heavy atom. The summed E-state index contributed by atoms with van der Waals surface area (Å²) in [6.07, 6.45) is 4.70. The zero-order valence-electron chi connectivity index (χ0n) is 19.1. The Kier molecular flexibility index (Phi) is 8.45. The average molecular weight is 450 g/mol. The Hall–Kier alpha value is -2.85. The van der Waals surface area contributed by atoms with Gasteiger partial charge >= 0.3 is 5.97 Å². The fourth-order valence-corrected chi connectivity index (χ4v) is 3.55. The van der Waals surface area contributed by atoms with Gasteiger partial charge in [0.1, 0.15) is 11.6 Å². The molecule has 0 aromatic heterocycles. The summed E-state index contributed by atoms with van der Waals surface area (Å²) in [7, 11) is 0. The fourth-order valence-electron chi connectivity index (χ4n) is 3.55. The van der Waals surface area contributed by atoms with Crippen LogP contribution in [-0.2, 0) is 38.8 Å². The van der Waals surface area contributed by atoms with E-state index in [9.17, 15) is 24.0 Å². The van der Waals surface area contributed by atoms with Gasteiger partial charge in [-0.15, -0.1) is 0 Å². The molecule has 0 bridgehead atoms. The van der Waals surface area contributed by atoms with E-state index in [-0.39, 0.29) is 30.4 Å². The molecule has 0 aromatic rings. The van der Waals surface area contributed by atoms with E-state index in [1.54, 1.807) is 20.8 Å². The fraction of sp³-hybridized carbons (Fsp3) is 0.591. The van der Waals surface area contributed by atoms with Crippen molar-refractivity contribution in [1.29, 1.82) is 0 Å². The van der Waals surface area contributed by atoms with Crippen LogP contribution in [0.4, 0.5) is 0 Å². The molecule has 0 spiro atoms. The van der Waals surface area contributed by atoms with Crippen molar-refractivity contribution in [2.24, 2.45) is 0 Å². The van der Waals surface area contributed by atoms with Gasteiger partial charge in [-0.2, -0.15) is 4.89 Å². The molecule has 2 heterocycles. The summed E-state index contributed by atoms with van der Waals surface area (Å²) in [5.74, 6) is -2.89. The van der Waals surface area contributed by atoms with E-state index in [1.807, 2.05) is 6.92 Å². The van der Waals surface area contributed by atoms with Crippen LogP contribution in [0.5, 0.6) is 0 Å². The quantitative estimate of drug-likeness (QED) is 0.192. The van der Waals surface area contributed by atoms with E-state index in [1.165, 1.54) is 13.0 Å². The SMILES string of the molecule is CCCC(C)(C)OOOC(=O)C(CCCCN1C(=O)C=C(C)C1=O)N1C(=O)C=C(C)C1=O. The van der Waals surface area contributed by atoms with Gasteiger partial charge in [-0.3, -0.25) is 33.9 Å². The maximum absolute atomic E-state index is 12.6. The lowest BCUT2D eigenvalue weighted by molar-refractivity contribution is -0.517. The lowest BCUT2D eigenvalue weighted by atomic mass is 10.0. The minimum absolute atomic E-state index is 0.0712. The van der Waals surface area contributed by atoms with Crippen LogP contribution in [0.15, 0.2) is 23.3 Å². The number of imide groups is 2. The van der Waals surface area contributed by atoms with Crippen molar-refractivity contribution in [3.05, 3.63) is 23.3 Å². The summed E-state index contributed by atoms with van der Waals surface area (Å²) in [6.45, 7) is 8.71. The zero-order valence-corrected chi connectivity index (χ0v) is 19.1. The summed E-state index contributed by atoms with van der Waals surface area (Å²) in [5.41, 5.74) is -0.110. The molecule has 0 fully saturated rings. The number of hydrogen-bond donors (Lipinski definition) is 0. The second kappa shape index (κ2) is 10.6. The topological polar surface area (TPSA) is 120 Å². The van der Waals surface area contributed by atoms with E-state index in [0.717, 1.165) is 22.3 Å². The van der Waals surface area contributed by atoms with Crippen LogP contribution in [0, 0.1) is 0 Å². The van der Waals surface area contributed by atoms with Crippen LogP contribution < -0.4 is 0 Å². The third kappa shape index (κ3) is 6.10. The van der Waals surface area contributed by atoms with Gasteiger partial charge in [0, 0.05) is 29.8 Å². The van der Waals surface area contributed by atoms with Crippen molar-refractivity contribution in [1.82, 2.24) is 9.80 Å². The smallest absolute Gasteiger partial charge is 0.275 e. The molecule has 0 saturated heterocycles. The molecule has 0 saturated carbocycles. The van der Waals surface area contributed by atoms with Crippen molar-refractivity contribution >= 4 is 29.6 Å². The summed E-state index contributed by atoms with van der Waals surface area (Å²) in [4.78, 5) is 72.9. The Morgan fingerprint density at radius 1 is 1.00 bits per heavy atom. The lowest BCUT2D eigenvalue weighted by Crippen LogP contribution is -2.46. The lowest BCUT2D eigenvalue weighted by Gasteiger charge is -2.25. The minimum Gasteiger partial charge on any atom is -0.275 e. The maximum atomic E-state index is 12.6. The molecule has 0 radical (unpaired) electrons. The maximum Gasteiger partial charge on any atom is 0.368 e. The molecule has 2 rings (SSSR count). The molecule has 1 unspecified atom stereocenters. The molecule has 2 aliphatic heterocycles. The van der Waals surface area contributed by atoms with Gasteiger partial charge in [0.2, 0.25) is 0 Å². The van der Waals surface area contributed by atoms with Gasteiger partial charge in [0.05, 0.1) is 0 Å². The van der Waals surface area contributed by atoms with Crippen molar-refractivity contribution < 1.29 is 38.8 Å². The number of carbonyl (C=O) groups is 5. The molecule has 0 aromatic carbocycles. The van der Waals surface area contributed by atoms with Gasteiger partial charge in [0.15, 0.2) is 0 Å². The molecule has 2 aliphatic rings. The highest BCUT2D eigenvalue weighted by Gasteiger charge is 2.40. The minimum atomic E-state index is -1.23. The Labute approximate surface area is 187 Å². The zero-order chi connectivity index (χ0) is 24.1. The van der Waals surface area contributed by atoms with Crippen molar-refractivity contribution in [2.45, 2.75) is 78.4 Å². The first-order valence-corrected chi connectivity index (χ1v) is 10.6. The third-order valence-electron chi connectivity index (χ3n) is 5.24. The predicted octanol–water partition coefficient (Wildman–Crippen LogP) is 2.14. The van der Waals surface area contributed by atoms with Crippen LogP contribution >= 0.6 is 0 Å². The molecule has 1 atom stereocenters. The van der Waals surface area contributed by atoms with Crippen molar-refractivity contribution in [3.8, 4) is 0 Å². The van der Waals surface area contributed by atoms with E-state index in [4.69, 9.17) is 9.78 Å². The van der Waals surface area contributed by atoms with Gasteiger partial charge in [-0.05, 0) is 58.4 Å². The van der Waals surface area contributed by atoms with E-state index >= 15 is 0 Å². The van der Waals surface area contributed by atoms with Gasteiger partial charge < -0.3 is 0 Å². The third-order valence-corrected chi connectivity index (χ3v) is 5.24. The molecule has 32 heavy (non-hydrogen) atoms. The van der Waals surface area contributed by atoms with Crippen LogP contribution in [0.25, 0.3) is 0 Å². The molecular weight excluding hydrogens is 420 g/mol. The number of nitrogens with zero attached hydrogens (tertiary/aromatic N) is 2. The number of hydrogen-bond acceptors (Lipinski definition) is 8. The summed E-state index contributed by atoms with van der Waals surface area (Å²) in [6, 6.07) is -1.23. The molecule has 4 amide bonds. The highest BCUT2D eigenvalue weighted by Crippen LogP contribution is 2.22. The van der Waals surface area contributed by atoms with Crippen molar-refractivity contribution in [3.63, 3.8) is 0 Å². The molecule has 0 N–H and O–H groups in total. The highest BCUT2D eigenvalue weighted by molar-refractivity contribution is 6.17. The first-order chi connectivity index (χ1) is 15.0. The molecule has 10 nitrogen and oxygen atoms in total. The second-order valence-electron chi connectivity index (χ2n) is 8.54. The van der Waals surface area contributed by atoms with E-state index in [0.29, 0.717) is 24.8 Å². The standard InChI is InChI=1S/C22H30N2O8/c1-6-10-22(4,5)31-32-30-21(29)16(24-18(26)13-15(3)20(24)28)9-7-8-11-23-17(25)12-14(2)19(23)27/h12-13,16H,6-11H2,1-5H3. The first-order valence-electron chi connectivity index (χ1n) is 10.6. The van der Waals surface area contributed by atoms with Crippen LogP contribution in [0.1, 0.15) is 66.7 Å². The van der Waals surface area contributed by atoms with Crippen molar-refractivity contribution in [2.75, 3.05) is 6.54 Å². The number of carbonyl (C=O) groups excluding carboxylic acids is 5. The number of amides is 4. The van der Waals surface area contributed by atoms with Crippen LogP contribution in [-0.4, -0.2) is 57.6 Å². The normalized spacial score (nSPS) is 17.8. The van der Waals surface area contributed by atoms with Gasteiger partial charge in [0.25, 0.3) is 23.6 Å². The van der Waals surface area contributed by atoms with E-state index in [2.05, 4.69) is 5.04 Å². The summed E-state index contributed by atoms with van der Waals surface area (Å²) in [5, 5.41) is 4.66. The second-order valence-corrected chi connectivity index (χ2v) is 8.54.